The zero-order valence-electron chi connectivity index (χ0n) is 17.8. The third-order valence-electron chi connectivity index (χ3n) is 7.91. The Morgan fingerprint density at radius 2 is 1.81 bits per heavy atom. The van der Waals surface area contributed by atoms with Gasteiger partial charge in [0, 0.05) is 5.92 Å². The van der Waals surface area contributed by atoms with E-state index >= 15 is 0 Å². The van der Waals surface area contributed by atoms with Gasteiger partial charge >= 0.3 is 0 Å². The van der Waals surface area contributed by atoms with Crippen molar-refractivity contribution in [3.05, 3.63) is 23.8 Å². The van der Waals surface area contributed by atoms with Crippen LogP contribution < -0.4 is 0 Å². The van der Waals surface area contributed by atoms with Gasteiger partial charge in [0.1, 0.15) is 0 Å². The highest BCUT2D eigenvalue weighted by Gasteiger charge is 2.32. The minimum Gasteiger partial charge on any atom is -0.103 e. The molecule has 1 heteroatoms. The lowest BCUT2D eigenvalue weighted by Gasteiger charge is -2.38. The molecule has 3 aliphatic carbocycles. The molecule has 4 unspecified atom stereocenters. The maximum atomic E-state index is 4.66. The monoisotopic (exact) mass is 374 g/mol. The lowest BCUT2D eigenvalue weighted by molar-refractivity contribution is 0.198. The highest BCUT2D eigenvalue weighted by molar-refractivity contribution is 7.58. The van der Waals surface area contributed by atoms with Crippen molar-refractivity contribution < 1.29 is 0 Å². The molecule has 0 heterocycles. The van der Waals surface area contributed by atoms with Crippen LogP contribution in [0.15, 0.2) is 23.8 Å². The van der Waals surface area contributed by atoms with Gasteiger partial charge in [-0.3, -0.25) is 0 Å². The Morgan fingerprint density at radius 3 is 2.27 bits per heavy atom. The Bertz CT molecular complexity index is 482. The third kappa shape index (κ3) is 5.04. The Kier molecular flexibility index (Phi) is 7.87. The van der Waals surface area contributed by atoms with Crippen molar-refractivity contribution in [2.45, 2.75) is 97.1 Å². The first-order valence-electron chi connectivity index (χ1n) is 11.7. The van der Waals surface area contributed by atoms with Crippen LogP contribution >= 0.6 is 7.92 Å². The van der Waals surface area contributed by atoms with Gasteiger partial charge in [0.05, 0.1) is 0 Å². The van der Waals surface area contributed by atoms with Crippen LogP contribution in [0.25, 0.3) is 0 Å². The van der Waals surface area contributed by atoms with E-state index in [4.69, 9.17) is 0 Å². The Hall–Kier alpha value is -0.0900. The van der Waals surface area contributed by atoms with Crippen LogP contribution in [0.2, 0.25) is 0 Å². The van der Waals surface area contributed by atoms with Crippen molar-refractivity contribution >= 4 is 7.92 Å². The van der Waals surface area contributed by atoms with E-state index in [2.05, 4.69) is 33.4 Å². The summed E-state index contributed by atoms with van der Waals surface area (Å²) < 4.78 is 0. The molecule has 0 N–H and O–H groups in total. The molecule has 0 aliphatic heterocycles. The van der Waals surface area contributed by atoms with Crippen molar-refractivity contribution in [3.8, 4) is 0 Å². The maximum Gasteiger partial charge on any atom is 0.00299 e. The molecule has 3 saturated carbocycles. The van der Waals surface area contributed by atoms with Gasteiger partial charge < -0.3 is 0 Å². The summed E-state index contributed by atoms with van der Waals surface area (Å²) >= 11 is 0. The maximum absolute atomic E-state index is 4.66. The molecule has 0 aromatic carbocycles. The van der Waals surface area contributed by atoms with Gasteiger partial charge in [0.25, 0.3) is 0 Å². The van der Waals surface area contributed by atoms with E-state index in [0.29, 0.717) is 5.92 Å². The topological polar surface area (TPSA) is 0 Å². The Balaban J connectivity index is 1.55. The Morgan fingerprint density at radius 1 is 1.08 bits per heavy atom. The number of allylic oxidation sites excluding steroid dienone is 3. The molecule has 3 fully saturated rings. The molecule has 4 atom stereocenters. The summed E-state index contributed by atoms with van der Waals surface area (Å²) in [5.41, 5.74) is 4.37. The molecule has 0 amide bonds. The molecule has 0 saturated heterocycles. The Labute approximate surface area is 165 Å². The van der Waals surface area contributed by atoms with E-state index in [1.807, 2.05) is 0 Å². The van der Waals surface area contributed by atoms with E-state index in [1.54, 1.807) is 11.1 Å². The summed E-state index contributed by atoms with van der Waals surface area (Å²) in [7, 11) is 0.285. The molecule has 0 bridgehead atoms. The van der Waals surface area contributed by atoms with Gasteiger partial charge in [-0.05, 0) is 87.6 Å². The second-order valence-corrected chi connectivity index (χ2v) is 12.5. The van der Waals surface area contributed by atoms with Crippen molar-refractivity contribution in [2.75, 3.05) is 12.3 Å². The van der Waals surface area contributed by atoms with Crippen LogP contribution in [-0.2, 0) is 0 Å². The average molecular weight is 375 g/mol. The highest BCUT2D eigenvalue weighted by atomic mass is 31.1. The molecular weight excluding hydrogens is 331 g/mol. The summed E-state index contributed by atoms with van der Waals surface area (Å²) in [5, 5.41) is 0. The van der Waals surface area contributed by atoms with Crippen molar-refractivity contribution in [3.63, 3.8) is 0 Å². The summed E-state index contributed by atoms with van der Waals surface area (Å²) in [5.74, 6) is 3.55. The fourth-order valence-corrected chi connectivity index (χ4v) is 8.51. The number of hydrogen-bond donors (Lipinski definition) is 0. The SMILES string of the molecule is C=C(CCP(CCC)C1CCC1)C(/C(C)=C\CC1CCC1C)C1CCC1. The van der Waals surface area contributed by atoms with Crippen LogP contribution in [0.4, 0.5) is 0 Å². The third-order valence-corrected chi connectivity index (χ3v) is 11.3. The van der Waals surface area contributed by atoms with Gasteiger partial charge in [-0.1, -0.05) is 63.3 Å². The zero-order valence-corrected chi connectivity index (χ0v) is 18.7. The van der Waals surface area contributed by atoms with Crippen molar-refractivity contribution in [2.24, 2.45) is 23.7 Å². The second kappa shape index (κ2) is 9.91. The first-order chi connectivity index (χ1) is 12.6. The van der Waals surface area contributed by atoms with Crippen LogP contribution in [-0.4, -0.2) is 18.0 Å². The predicted octanol–water partition coefficient (Wildman–Crippen LogP) is 8.18. The standard InChI is InChI=1S/C25H43P/c1-5-17-26(24-10-7-11-24)18-16-21(4)25(23-8-6-9-23)20(3)13-15-22-14-12-19(22)2/h13,19,22-25H,4-12,14-18H2,1-3H3/b20-13-. The van der Waals surface area contributed by atoms with Crippen LogP contribution in [0.3, 0.4) is 0 Å². The minimum atomic E-state index is 0.285. The molecule has 0 aromatic rings. The van der Waals surface area contributed by atoms with E-state index in [0.717, 1.165) is 23.4 Å². The molecule has 0 nitrogen and oxygen atoms in total. The molecule has 0 aromatic heterocycles. The predicted molar refractivity (Wildman–Crippen MR) is 119 cm³/mol. The first-order valence-corrected chi connectivity index (χ1v) is 13.5. The van der Waals surface area contributed by atoms with Crippen LogP contribution in [0, 0.1) is 23.7 Å². The minimum absolute atomic E-state index is 0.285. The normalized spacial score (nSPS) is 29.4. The molecule has 26 heavy (non-hydrogen) atoms. The molecule has 0 radical (unpaired) electrons. The molecular formula is C25H43P. The van der Waals surface area contributed by atoms with Crippen molar-refractivity contribution in [1.29, 1.82) is 0 Å². The van der Waals surface area contributed by atoms with E-state index in [9.17, 15) is 0 Å². The van der Waals surface area contributed by atoms with Crippen molar-refractivity contribution in [1.82, 2.24) is 0 Å². The largest absolute Gasteiger partial charge is 0.103 e. The van der Waals surface area contributed by atoms with E-state index in [-0.39, 0.29) is 7.92 Å². The quantitative estimate of drug-likeness (QED) is 0.253. The molecule has 3 rings (SSSR count). The summed E-state index contributed by atoms with van der Waals surface area (Å²) in [6.45, 7) is 11.9. The number of hydrogen-bond acceptors (Lipinski definition) is 0. The highest BCUT2D eigenvalue weighted by Crippen LogP contribution is 2.52. The summed E-state index contributed by atoms with van der Waals surface area (Å²) in [6, 6.07) is 0. The number of rotatable bonds is 11. The fraction of sp³-hybridized carbons (Fsp3) is 0.840. The van der Waals surface area contributed by atoms with Gasteiger partial charge in [0.15, 0.2) is 0 Å². The summed E-state index contributed by atoms with van der Waals surface area (Å²) in [6.07, 6.45) is 21.5. The molecule has 3 aliphatic rings. The van der Waals surface area contributed by atoms with Crippen LogP contribution in [0.1, 0.15) is 91.4 Å². The average Bonchev–Trinajstić information content (AvgIpc) is 2.52. The van der Waals surface area contributed by atoms with Gasteiger partial charge in [-0.25, -0.2) is 0 Å². The van der Waals surface area contributed by atoms with E-state index < -0.39 is 0 Å². The smallest absolute Gasteiger partial charge is 0.00299 e. The molecule has 148 valence electrons. The zero-order chi connectivity index (χ0) is 18.5. The lowest BCUT2D eigenvalue weighted by Crippen LogP contribution is -2.26. The van der Waals surface area contributed by atoms with Gasteiger partial charge in [-0.2, -0.15) is 0 Å². The fourth-order valence-electron chi connectivity index (χ4n) is 5.31. The van der Waals surface area contributed by atoms with Gasteiger partial charge in [0.2, 0.25) is 0 Å². The van der Waals surface area contributed by atoms with E-state index in [1.165, 1.54) is 83.0 Å². The van der Waals surface area contributed by atoms with Gasteiger partial charge in [-0.15, -0.1) is 7.92 Å². The second-order valence-electron chi connectivity index (χ2n) is 9.70. The van der Waals surface area contributed by atoms with Crippen LogP contribution in [0.5, 0.6) is 0 Å². The summed E-state index contributed by atoms with van der Waals surface area (Å²) in [4.78, 5) is 0. The lowest BCUT2D eigenvalue weighted by atomic mass is 9.68. The first kappa shape index (κ1) is 20.6. The molecule has 0 spiro atoms.